The van der Waals surface area contributed by atoms with Crippen molar-refractivity contribution < 1.29 is 14.1 Å². The summed E-state index contributed by atoms with van der Waals surface area (Å²) in [6, 6.07) is 9.02. The van der Waals surface area contributed by atoms with Crippen molar-refractivity contribution in [3.63, 3.8) is 0 Å². The van der Waals surface area contributed by atoms with Gasteiger partial charge in [-0.1, -0.05) is 23.7 Å². The van der Waals surface area contributed by atoms with Crippen molar-refractivity contribution in [1.82, 2.24) is 4.90 Å². The van der Waals surface area contributed by atoms with E-state index in [0.717, 1.165) is 0 Å². The summed E-state index contributed by atoms with van der Waals surface area (Å²) >= 11 is 6.00. The van der Waals surface area contributed by atoms with Crippen LogP contribution in [0.25, 0.3) is 0 Å². The molecule has 0 atom stereocenters. The second kappa shape index (κ2) is 8.73. The van der Waals surface area contributed by atoms with Gasteiger partial charge < -0.3 is 10.2 Å². The van der Waals surface area contributed by atoms with E-state index in [4.69, 9.17) is 11.6 Å². The Kier molecular flexibility index (Phi) is 6.65. The quantitative estimate of drug-likeness (QED) is 0.579. The van der Waals surface area contributed by atoms with Crippen LogP contribution in [0, 0.1) is 22.9 Å². The lowest BCUT2D eigenvalue weighted by Gasteiger charge is -2.18. The van der Waals surface area contributed by atoms with E-state index in [9.17, 15) is 19.3 Å². The summed E-state index contributed by atoms with van der Waals surface area (Å²) in [7, 11) is 1.76. The number of rotatable bonds is 7. The third-order valence-electron chi connectivity index (χ3n) is 3.99. The van der Waals surface area contributed by atoms with Gasteiger partial charge in [0.1, 0.15) is 5.82 Å². The Labute approximate surface area is 155 Å². The highest BCUT2D eigenvalue weighted by molar-refractivity contribution is 6.31. The second-order valence-corrected chi connectivity index (χ2v) is 6.35. The van der Waals surface area contributed by atoms with Crippen LogP contribution in [0.15, 0.2) is 36.4 Å². The average Bonchev–Trinajstić information content (AvgIpc) is 2.58. The molecule has 1 amide bonds. The number of hydrogen-bond acceptors (Lipinski definition) is 4. The van der Waals surface area contributed by atoms with Gasteiger partial charge in [-0.3, -0.25) is 14.9 Å². The molecule has 0 aliphatic heterocycles. The summed E-state index contributed by atoms with van der Waals surface area (Å²) in [5.74, 6) is -0.666. The Morgan fingerprint density at radius 3 is 2.65 bits per heavy atom. The minimum Gasteiger partial charge on any atom is -0.326 e. The number of hydrogen-bond donors (Lipinski definition) is 1. The molecule has 2 aromatic carbocycles. The normalized spacial score (nSPS) is 10.8. The molecule has 0 spiro atoms. The maximum Gasteiger partial charge on any atom is 0.274 e. The first kappa shape index (κ1) is 19.8. The van der Waals surface area contributed by atoms with Gasteiger partial charge in [0.2, 0.25) is 5.91 Å². The van der Waals surface area contributed by atoms with Crippen LogP contribution < -0.4 is 5.32 Å². The van der Waals surface area contributed by atoms with Crippen LogP contribution in [0.2, 0.25) is 5.02 Å². The van der Waals surface area contributed by atoms with Crippen molar-refractivity contribution in [1.29, 1.82) is 0 Å². The van der Waals surface area contributed by atoms with Gasteiger partial charge in [-0.05, 0) is 32.2 Å². The average molecular weight is 380 g/mol. The highest BCUT2D eigenvalue weighted by atomic mass is 35.5. The Morgan fingerprint density at radius 2 is 2.00 bits per heavy atom. The van der Waals surface area contributed by atoms with Crippen LogP contribution in [0.3, 0.4) is 0 Å². The van der Waals surface area contributed by atoms with Gasteiger partial charge in [0, 0.05) is 36.2 Å². The third-order valence-corrected chi connectivity index (χ3v) is 4.34. The molecule has 0 fully saturated rings. The van der Waals surface area contributed by atoms with E-state index < -0.39 is 4.92 Å². The van der Waals surface area contributed by atoms with Crippen LogP contribution in [-0.4, -0.2) is 29.3 Å². The molecule has 1 N–H and O–H groups in total. The largest absolute Gasteiger partial charge is 0.326 e. The Morgan fingerprint density at radius 1 is 1.31 bits per heavy atom. The Hall–Kier alpha value is -2.51. The number of nitro benzene ring substituents is 1. The second-order valence-electron chi connectivity index (χ2n) is 5.94. The molecule has 0 unspecified atom stereocenters. The smallest absolute Gasteiger partial charge is 0.274 e. The van der Waals surface area contributed by atoms with Crippen molar-refractivity contribution in [3.05, 3.63) is 68.5 Å². The van der Waals surface area contributed by atoms with Gasteiger partial charge in [-0.15, -0.1) is 0 Å². The zero-order chi connectivity index (χ0) is 19.3. The predicted octanol–water partition coefficient (Wildman–Crippen LogP) is 4.16. The third kappa shape index (κ3) is 5.00. The molecule has 26 heavy (non-hydrogen) atoms. The molecule has 0 saturated heterocycles. The Bertz CT molecular complexity index is 809. The minimum absolute atomic E-state index is 0.0471. The van der Waals surface area contributed by atoms with Gasteiger partial charge in [0.25, 0.3) is 5.69 Å². The number of halogens is 2. The monoisotopic (exact) mass is 379 g/mol. The minimum atomic E-state index is -0.489. The van der Waals surface area contributed by atoms with Crippen LogP contribution in [0.5, 0.6) is 0 Å². The van der Waals surface area contributed by atoms with E-state index in [2.05, 4.69) is 5.32 Å². The molecule has 6 nitrogen and oxygen atoms in total. The summed E-state index contributed by atoms with van der Waals surface area (Å²) in [6.45, 7) is 2.24. The summed E-state index contributed by atoms with van der Waals surface area (Å²) in [5, 5.41) is 14.0. The summed E-state index contributed by atoms with van der Waals surface area (Å²) in [6.07, 6.45) is 0.157. The fraction of sp³-hybridized carbons (Fsp3) is 0.278. The molecular formula is C18H19ClFN3O3. The summed E-state index contributed by atoms with van der Waals surface area (Å²) < 4.78 is 13.8. The van der Waals surface area contributed by atoms with Crippen molar-refractivity contribution in [2.75, 3.05) is 18.9 Å². The van der Waals surface area contributed by atoms with E-state index in [1.54, 1.807) is 31.0 Å². The number of nitro groups is 1. The van der Waals surface area contributed by atoms with Gasteiger partial charge in [-0.25, -0.2) is 4.39 Å². The molecule has 0 aliphatic carbocycles. The number of nitrogens with one attached hydrogen (secondary N) is 1. The predicted molar refractivity (Wildman–Crippen MR) is 98.8 cm³/mol. The molecule has 138 valence electrons. The molecule has 2 aromatic rings. The maximum atomic E-state index is 13.8. The SMILES string of the molecule is Cc1c(NC(=O)CCN(C)Cc2c(F)cccc2Cl)cccc1[N+](=O)[O-]. The fourth-order valence-electron chi connectivity index (χ4n) is 2.49. The fourth-order valence-corrected chi connectivity index (χ4v) is 2.72. The summed E-state index contributed by atoms with van der Waals surface area (Å²) in [4.78, 5) is 24.4. The lowest BCUT2D eigenvalue weighted by atomic mass is 10.1. The number of carbonyl (C=O) groups excluding carboxylic acids is 1. The number of benzene rings is 2. The zero-order valence-electron chi connectivity index (χ0n) is 14.5. The molecule has 0 radical (unpaired) electrons. The van der Waals surface area contributed by atoms with Gasteiger partial charge in [0.15, 0.2) is 0 Å². The molecule has 0 aliphatic rings. The van der Waals surface area contributed by atoms with E-state index in [1.807, 2.05) is 0 Å². The molecule has 8 heteroatoms. The number of amides is 1. The van der Waals surface area contributed by atoms with Crippen molar-refractivity contribution >= 4 is 28.9 Å². The van der Waals surface area contributed by atoms with E-state index in [0.29, 0.717) is 28.4 Å². The van der Waals surface area contributed by atoms with E-state index in [1.165, 1.54) is 24.3 Å². The maximum absolute atomic E-state index is 13.8. The van der Waals surface area contributed by atoms with Crippen LogP contribution in [0.4, 0.5) is 15.8 Å². The highest BCUT2D eigenvalue weighted by Crippen LogP contribution is 2.25. The van der Waals surface area contributed by atoms with Crippen molar-refractivity contribution in [2.24, 2.45) is 0 Å². The van der Waals surface area contributed by atoms with Gasteiger partial charge in [0.05, 0.1) is 16.2 Å². The Balaban J connectivity index is 1.93. The first-order valence-corrected chi connectivity index (χ1v) is 8.32. The van der Waals surface area contributed by atoms with Crippen LogP contribution >= 0.6 is 11.6 Å². The molecular weight excluding hydrogens is 361 g/mol. The highest BCUT2D eigenvalue weighted by Gasteiger charge is 2.15. The van der Waals surface area contributed by atoms with Gasteiger partial charge in [-0.2, -0.15) is 0 Å². The first-order valence-electron chi connectivity index (χ1n) is 7.95. The lowest BCUT2D eigenvalue weighted by Crippen LogP contribution is -2.24. The van der Waals surface area contributed by atoms with E-state index in [-0.39, 0.29) is 30.4 Å². The van der Waals surface area contributed by atoms with Crippen LogP contribution in [0.1, 0.15) is 17.5 Å². The molecule has 2 rings (SSSR count). The number of nitrogens with zero attached hydrogens (tertiary/aromatic N) is 2. The molecule has 0 aromatic heterocycles. The van der Waals surface area contributed by atoms with Crippen LogP contribution in [-0.2, 0) is 11.3 Å². The number of anilines is 1. The molecule has 0 saturated carbocycles. The number of carbonyl (C=O) groups is 1. The standard InChI is InChI=1S/C18H19ClFN3O3/c1-12-16(7-4-8-17(12)23(25)26)21-18(24)9-10-22(2)11-13-14(19)5-3-6-15(13)20/h3-8H,9-11H2,1-2H3,(H,21,24). The van der Waals surface area contributed by atoms with E-state index >= 15 is 0 Å². The van der Waals surface area contributed by atoms with Gasteiger partial charge >= 0.3 is 0 Å². The molecule has 0 heterocycles. The first-order chi connectivity index (χ1) is 12.3. The lowest BCUT2D eigenvalue weighted by molar-refractivity contribution is -0.385. The molecule has 0 bridgehead atoms. The summed E-state index contributed by atoms with van der Waals surface area (Å²) in [5.41, 5.74) is 1.14. The van der Waals surface area contributed by atoms with Crippen molar-refractivity contribution in [3.8, 4) is 0 Å². The zero-order valence-corrected chi connectivity index (χ0v) is 15.2. The topological polar surface area (TPSA) is 75.5 Å². The van der Waals surface area contributed by atoms with Crippen molar-refractivity contribution in [2.45, 2.75) is 19.9 Å².